The van der Waals surface area contributed by atoms with E-state index in [0.29, 0.717) is 6.07 Å². The third-order valence-electron chi connectivity index (χ3n) is 2.55. The van der Waals surface area contributed by atoms with Gasteiger partial charge in [-0.1, -0.05) is 6.07 Å². The molecule has 104 valence electrons. The largest absolute Gasteiger partial charge is 0.348 e. The maximum absolute atomic E-state index is 13.3. The number of aromatic nitrogens is 1. The normalized spacial score (nSPS) is 10.4. The fraction of sp³-hybridized carbons (Fsp3) is 0.0769. The molecule has 0 atom stereocenters. The van der Waals surface area contributed by atoms with E-state index in [4.69, 9.17) is 0 Å². The van der Waals surface area contributed by atoms with E-state index in [-0.39, 0.29) is 12.1 Å². The van der Waals surface area contributed by atoms with Gasteiger partial charge in [0, 0.05) is 24.4 Å². The average Bonchev–Trinajstić information content (AvgIpc) is 2.40. The Morgan fingerprint density at radius 2 is 1.90 bits per heavy atom. The third kappa shape index (κ3) is 2.93. The number of nitrogens with zero attached hydrogens (tertiary/aromatic N) is 1. The molecule has 1 aromatic heterocycles. The number of amides is 1. The summed E-state index contributed by atoms with van der Waals surface area (Å²) in [6, 6.07) is 3.83. The van der Waals surface area contributed by atoms with E-state index in [1.807, 2.05) is 0 Å². The van der Waals surface area contributed by atoms with Gasteiger partial charge in [-0.2, -0.15) is 4.39 Å². The Hall–Kier alpha value is -2.44. The van der Waals surface area contributed by atoms with Crippen LogP contribution >= 0.6 is 0 Å². The minimum atomic E-state index is -1.40. The number of hydrogen-bond acceptors (Lipinski definition) is 2. The van der Waals surface area contributed by atoms with Gasteiger partial charge in [-0.15, -0.1) is 0 Å². The fourth-order valence-electron chi connectivity index (χ4n) is 1.53. The first-order chi connectivity index (χ1) is 9.49. The van der Waals surface area contributed by atoms with Gasteiger partial charge in [0.1, 0.15) is 11.6 Å². The van der Waals surface area contributed by atoms with Crippen LogP contribution in [0, 0.1) is 23.4 Å². The number of carbonyl (C=O) groups excluding carboxylic acids is 1. The lowest BCUT2D eigenvalue weighted by atomic mass is 10.2. The molecule has 2 rings (SSSR count). The van der Waals surface area contributed by atoms with E-state index in [0.717, 1.165) is 24.4 Å². The van der Waals surface area contributed by atoms with E-state index in [9.17, 15) is 22.4 Å². The summed E-state index contributed by atoms with van der Waals surface area (Å²) < 4.78 is 52.1. The highest BCUT2D eigenvalue weighted by Gasteiger charge is 2.16. The average molecular weight is 284 g/mol. The van der Waals surface area contributed by atoms with Crippen LogP contribution in [0.4, 0.5) is 17.6 Å². The monoisotopic (exact) mass is 284 g/mol. The van der Waals surface area contributed by atoms with Crippen molar-refractivity contribution in [1.29, 1.82) is 0 Å². The Labute approximate surface area is 111 Å². The van der Waals surface area contributed by atoms with E-state index < -0.39 is 34.9 Å². The summed E-state index contributed by atoms with van der Waals surface area (Å²) in [5, 5.41) is 2.21. The van der Waals surface area contributed by atoms with Crippen LogP contribution in [0.2, 0.25) is 0 Å². The highest BCUT2D eigenvalue weighted by molar-refractivity contribution is 5.94. The molecule has 0 saturated heterocycles. The maximum atomic E-state index is 13.3. The number of hydrogen-bond donors (Lipinski definition) is 1. The van der Waals surface area contributed by atoms with Crippen molar-refractivity contribution in [3.05, 3.63) is 65.0 Å². The summed E-state index contributed by atoms with van der Waals surface area (Å²) in [7, 11) is 0. The van der Waals surface area contributed by atoms with Crippen molar-refractivity contribution < 1.29 is 22.4 Å². The van der Waals surface area contributed by atoms with Crippen LogP contribution in [0.1, 0.15) is 15.9 Å². The van der Waals surface area contributed by atoms with E-state index in [2.05, 4.69) is 10.3 Å². The third-order valence-corrected chi connectivity index (χ3v) is 2.55. The molecule has 0 spiro atoms. The van der Waals surface area contributed by atoms with Crippen molar-refractivity contribution >= 4 is 5.91 Å². The first-order valence-electron chi connectivity index (χ1n) is 5.51. The Morgan fingerprint density at radius 3 is 2.60 bits per heavy atom. The van der Waals surface area contributed by atoms with Crippen molar-refractivity contribution in [2.75, 3.05) is 0 Å². The molecule has 0 unspecified atom stereocenters. The van der Waals surface area contributed by atoms with Gasteiger partial charge >= 0.3 is 0 Å². The lowest BCUT2D eigenvalue weighted by Crippen LogP contribution is -2.25. The zero-order chi connectivity index (χ0) is 14.7. The smallest absolute Gasteiger partial charge is 0.254 e. The summed E-state index contributed by atoms with van der Waals surface area (Å²) in [6.07, 6.45) is 0.936. The molecule has 0 bridgehead atoms. The number of halogens is 4. The molecule has 0 saturated carbocycles. The SMILES string of the molecule is O=C(NCc1ccc(F)cc1F)c1ccnc(F)c1F. The highest BCUT2D eigenvalue weighted by Crippen LogP contribution is 2.11. The number of rotatable bonds is 3. The molecule has 0 aliphatic heterocycles. The van der Waals surface area contributed by atoms with Crippen LogP contribution < -0.4 is 5.32 Å². The van der Waals surface area contributed by atoms with Gasteiger partial charge in [-0.25, -0.2) is 18.2 Å². The molecular weight excluding hydrogens is 276 g/mol. The van der Waals surface area contributed by atoms with Crippen LogP contribution in [-0.2, 0) is 6.54 Å². The van der Waals surface area contributed by atoms with Gasteiger partial charge in [0.25, 0.3) is 5.91 Å². The molecule has 0 aliphatic rings. The van der Waals surface area contributed by atoms with Gasteiger partial charge in [-0.3, -0.25) is 4.79 Å². The van der Waals surface area contributed by atoms with Crippen molar-refractivity contribution in [2.24, 2.45) is 0 Å². The number of nitrogens with one attached hydrogen (secondary N) is 1. The van der Waals surface area contributed by atoms with Crippen molar-refractivity contribution in [1.82, 2.24) is 10.3 Å². The zero-order valence-corrected chi connectivity index (χ0v) is 9.96. The maximum Gasteiger partial charge on any atom is 0.254 e. The van der Waals surface area contributed by atoms with Crippen LogP contribution in [0.25, 0.3) is 0 Å². The summed E-state index contributed by atoms with van der Waals surface area (Å²) in [6.45, 7) is -0.283. The summed E-state index contributed by atoms with van der Waals surface area (Å²) in [5.74, 6) is -5.30. The molecule has 1 aromatic carbocycles. The van der Waals surface area contributed by atoms with E-state index in [1.165, 1.54) is 0 Å². The van der Waals surface area contributed by atoms with Crippen molar-refractivity contribution in [3.8, 4) is 0 Å². The molecule has 1 N–H and O–H groups in total. The van der Waals surface area contributed by atoms with Crippen LogP contribution in [0.15, 0.2) is 30.5 Å². The molecule has 0 radical (unpaired) electrons. The fourth-order valence-corrected chi connectivity index (χ4v) is 1.53. The zero-order valence-electron chi connectivity index (χ0n) is 9.96. The Morgan fingerprint density at radius 1 is 1.15 bits per heavy atom. The Kier molecular flexibility index (Phi) is 3.97. The number of pyridine rings is 1. The molecule has 2 aromatic rings. The molecule has 3 nitrogen and oxygen atoms in total. The topological polar surface area (TPSA) is 42.0 Å². The first kappa shape index (κ1) is 14.0. The lowest BCUT2D eigenvalue weighted by Gasteiger charge is -2.07. The Bertz CT molecular complexity index is 661. The van der Waals surface area contributed by atoms with Crippen LogP contribution in [-0.4, -0.2) is 10.9 Å². The molecule has 0 aliphatic carbocycles. The van der Waals surface area contributed by atoms with Crippen LogP contribution in [0.3, 0.4) is 0 Å². The number of benzene rings is 1. The van der Waals surface area contributed by atoms with Gasteiger partial charge in [0.05, 0.1) is 5.56 Å². The summed E-state index contributed by atoms with van der Waals surface area (Å²) in [5.41, 5.74) is -0.519. The predicted octanol–water partition coefficient (Wildman–Crippen LogP) is 2.57. The second-order valence-corrected chi connectivity index (χ2v) is 3.88. The number of carbonyl (C=O) groups is 1. The van der Waals surface area contributed by atoms with Crippen molar-refractivity contribution in [3.63, 3.8) is 0 Å². The molecule has 7 heteroatoms. The molecular formula is C13H8F4N2O. The molecule has 0 fully saturated rings. The quantitative estimate of drug-likeness (QED) is 0.695. The minimum absolute atomic E-state index is 0.0229. The van der Waals surface area contributed by atoms with Gasteiger partial charge < -0.3 is 5.32 Å². The van der Waals surface area contributed by atoms with Gasteiger partial charge in [-0.05, 0) is 12.1 Å². The lowest BCUT2D eigenvalue weighted by molar-refractivity contribution is 0.0945. The van der Waals surface area contributed by atoms with Crippen molar-refractivity contribution in [2.45, 2.75) is 6.54 Å². The van der Waals surface area contributed by atoms with E-state index in [1.54, 1.807) is 0 Å². The summed E-state index contributed by atoms with van der Waals surface area (Å²) >= 11 is 0. The van der Waals surface area contributed by atoms with Gasteiger partial charge in [0.2, 0.25) is 5.95 Å². The first-order valence-corrected chi connectivity index (χ1v) is 5.51. The van der Waals surface area contributed by atoms with Gasteiger partial charge in [0.15, 0.2) is 5.82 Å². The molecule has 1 heterocycles. The summed E-state index contributed by atoms with van der Waals surface area (Å²) in [4.78, 5) is 14.7. The standard InChI is InChI=1S/C13H8F4N2O/c14-8-2-1-7(10(15)5-8)6-19-13(20)9-3-4-18-12(17)11(9)16/h1-5H,6H2,(H,19,20). The molecule has 20 heavy (non-hydrogen) atoms. The highest BCUT2D eigenvalue weighted by atomic mass is 19.2. The minimum Gasteiger partial charge on any atom is -0.348 e. The second kappa shape index (κ2) is 5.68. The van der Waals surface area contributed by atoms with E-state index >= 15 is 0 Å². The molecule has 1 amide bonds. The Balaban J connectivity index is 2.11. The van der Waals surface area contributed by atoms with Crippen LogP contribution in [0.5, 0.6) is 0 Å². The predicted molar refractivity (Wildman–Crippen MR) is 61.7 cm³/mol. The second-order valence-electron chi connectivity index (χ2n) is 3.88.